The van der Waals surface area contributed by atoms with Gasteiger partial charge in [-0.2, -0.15) is 0 Å². The van der Waals surface area contributed by atoms with Crippen molar-refractivity contribution < 1.29 is 17.9 Å². The average Bonchev–Trinajstić information content (AvgIpc) is 2.71. The number of rotatable bonds is 5. The summed E-state index contributed by atoms with van der Waals surface area (Å²) < 4.78 is 28.0. The first-order valence-electron chi connectivity index (χ1n) is 6.01. The van der Waals surface area contributed by atoms with Crippen molar-refractivity contribution in [1.29, 1.82) is 0 Å². The fraction of sp³-hybridized carbons (Fsp3) is 0.462. The molecule has 0 saturated heterocycles. The van der Waals surface area contributed by atoms with Crippen molar-refractivity contribution in [2.24, 2.45) is 0 Å². The molecule has 0 heterocycles. The monoisotopic (exact) mass is 268 g/mol. The molecular weight excluding hydrogens is 252 g/mol. The molecule has 5 heteroatoms. The molecular formula is C13H16O4S. The van der Waals surface area contributed by atoms with Crippen LogP contribution in [0.1, 0.15) is 29.3 Å². The smallest absolute Gasteiger partial charge is 0.163 e. The second kappa shape index (κ2) is 5.10. The summed E-state index contributed by atoms with van der Waals surface area (Å²) in [6, 6.07) is 5.31. The standard InChI is InChI=1S/C13H16O4S/c1-2-18(15,16)8-7-17-11-4-5-12-10(9-11)3-6-13(12)14/h4-5,9H,2-3,6-8H2,1H3. The summed E-state index contributed by atoms with van der Waals surface area (Å²) in [5.41, 5.74) is 1.76. The van der Waals surface area contributed by atoms with Crippen LogP contribution in [-0.2, 0) is 16.3 Å². The second-order valence-electron chi connectivity index (χ2n) is 4.33. The zero-order chi connectivity index (χ0) is 13.2. The quantitative estimate of drug-likeness (QED) is 0.814. The van der Waals surface area contributed by atoms with Crippen LogP contribution in [0.25, 0.3) is 0 Å². The van der Waals surface area contributed by atoms with Crippen LogP contribution in [0.5, 0.6) is 5.75 Å². The average molecular weight is 268 g/mol. The summed E-state index contributed by atoms with van der Waals surface area (Å²) in [4.78, 5) is 11.4. The third-order valence-corrected chi connectivity index (χ3v) is 4.77. The molecule has 0 atom stereocenters. The minimum atomic E-state index is -2.99. The molecule has 2 rings (SSSR count). The lowest BCUT2D eigenvalue weighted by molar-refractivity contribution is 0.0994. The van der Waals surface area contributed by atoms with E-state index in [1.165, 1.54) is 0 Å². The van der Waals surface area contributed by atoms with Crippen LogP contribution < -0.4 is 4.74 Å². The fourth-order valence-corrected chi connectivity index (χ4v) is 2.58. The molecule has 0 fully saturated rings. The molecule has 0 amide bonds. The number of aryl methyl sites for hydroxylation is 1. The van der Waals surface area contributed by atoms with Crippen LogP contribution in [-0.4, -0.2) is 32.3 Å². The van der Waals surface area contributed by atoms with Gasteiger partial charge in [-0.3, -0.25) is 4.79 Å². The normalized spacial score (nSPS) is 14.6. The first-order valence-corrected chi connectivity index (χ1v) is 7.83. The van der Waals surface area contributed by atoms with Gasteiger partial charge in [0.15, 0.2) is 15.6 Å². The third kappa shape index (κ3) is 2.90. The molecule has 0 aromatic heterocycles. The van der Waals surface area contributed by atoms with E-state index in [2.05, 4.69) is 0 Å². The van der Waals surface area contributed by atoms with Crippen molar-refractivity contribution in [3.8, 4) is 5.75 Å². The second-order valence-corrected chi connectivity index (χ2v) is 6.80. The van der Waals surface area contributed by atoms with Gasteiger partial charge in [-0.1, -0.05) is 6.92 Å². The number of carbonyl (C=O) groups is 1. The van der Waals surface area contributed by atoms with Crippen molar-refractivity contribution in [3.63, 3.8) is 0 Å². The van der Waals surface area contributed by atoms with Gasteiger partial charge in [0.1, 0.15) is 12.4 Å². The van der Waals surface area contributed by atoms with Crippen molar-refractivity contribution in [2.75, 3.05) is 18.1 Å². The Morgan fingerprint density at radius 1 is 1.28 bits per heavy atom. The molecule has 0 saturated carbocycles. The third-order valence-electron chi connectivity index (χ3n) is 3.10. The van der Waals surface area contributed by atoms with Crippen LogP contribution in [0, 0.1) is 0 Å². The minimum Gasteiger partial charge on any atom is -0.493 e. The van der Waals surface area contributed by atoms with Gasteiger partial charge in [0, 0.05) is 17.7 Å². The number of benzene rings is 1. The molecule has 1 aromatic carbocycles. The van der Waals surface area contributed by atoms with Gasteiger partial charge in [-0.25, -0.2) is 8.42 Å². The number of fused-ring (bicyclic) bond motifs is 1. The van der Waals surface area contributed by atoms with Gasteiger partial charge in [0.2, 0.25) is 0 Å². The zero-order valence-electron chi connectivity index (χ0n) is 10.3. The number of hydrogen-bond acceptors (Lipinski definition) is 4. The maximum atomic E-state index is 11.4. The number of carbonyl (C=O) groups excluding carboxylic acids is 1. The Balaban J connectivity index is 1.98. The van der Waals surface area contributed by atoms with Crippen LogP contribution >= 0.6 is 0 Å². The van der Waals surface area contributed by atoms with E-state index in [1.807, 2.05) is 6.07 Å². The Morgan fingerprint density at radius 2 is 2.06 bits per heavy atom. The molecule has 18 heavy (non-hydrogen) atoms. The number of Topliss-reactive ketones (excluding diaryl/α,β-unsaturated/α-hetero) is 1. The van der Waals surface area contributed by atoms with E-state index in [0.29, 0.717) is 12.2 Å². The SMILES string of the molecule is CCS(=O)(=O)CCOc1ccc2c(c1)CCC2=O. The molecule has 0 N–H and O–H groups in total. The first kappa shape index (κ1) is 13.1. The van der Waals surface area contributed by atoms with E-state index in [4.69, 9.17) is 4.74 Å². The topological polar surface area (TPSA) is 60.4 Å². The highest BCUT2D eigenvalue weighted by molar-refractivity contribution is 7.91. The van der Waals surface area contributed by atoms with Crippen LogP contribution in [0.2, 0.25) is 0 Å². The van der Waals surface area contributed by atoms with Crippen LogP contribution in [0.4, 0.5) is 0 Å². The Kier molecular flexibility index (Phi) is 3.71. The highest BCUT2D eigenvalue weighted by Gasteiger charge is 2.19. The predicted octanol–water partition coefficient (Wildman–Crippen LogP) is 1.63. The summed E-state index contributed by atoms with van der Waals surface area (Å²) in [5, 5.41) is 0. The van der Waals surface area contributed by atoms with E-state index >= 15 is 0 Å². The molecule has 0 bridgehead atoms. The summed E-state index contributed by atoms with van der Waals surface area (Å²) in [6.45, 7) is 1.78. The molecule has 98 valence electrons. The lowest BCUT2D eigenvalue weighted by Gasteiger charge is -2.07. The molecule has 0 spiro atoms. The molecule has 0 aliphatic heterocycles. The highest BCUT2D eigenvalue weighted by atomic mass is 32.2. The predicted molar refractivity (Wildman–Crippen MR) is 68.9 cm³/mol. The van der Waals surface area contributed by atoms with Crippen molar-refractivity contribution >= 4 is 15.6 Å². The largest absolute Gasteiger partial charge is 0.493 e. The molecule has 0 unspecified atom stereocenters. The van der Waals surface area contributed by atoms with E-state index in [-0.39, 0.29) is 23.9 Å². The van der Waals surface area contributed by atoms with Gasteiger partial charge < -0.3 is 4.74 Å². The summed E-state index contributed by atoms with van der Waals surface area (Å²) in [7, 11) is -2.99. The van der Waals surface area contributed by atoms with Gasteiger partial charge in [0.25, 0.3) is 0 Å². The Morgan fingerprint density at radius 3 is 2.78 bits per heavy atom. The Labute approximate surface area is 107 Å². The molecule has 0 radical (unpaired) electrons. The molecule has 1 aromatic rings. The van der Waals surface area contributed by atoms with E-state index in [0.717, 1.165) is 17.5 Å². The van der Waals surface area contributed by atoms with E-state index < -0.39 is 9.84 Å². The zero-order valence-corrected chi connectivity index (χ0v) is 11.1. The number of ether oxygens (including phenoxy) is 1. The molecule has 4 nitrogen and oxygen atoms in total. The molecule has 1 aliphatic rings. The Hall–Kier alpha value is -1.36. The van der Waals surface area contributed by atoms with E-state index in [1.54, 1.807) is 19.1 Å². The van der Waals surface area contributed by atoms with Gasteiger partial charge in [-0.15, -0.1) is 0 Å². The Bertz CT molecular complexity index is 560. The minimum absolute atomic E-state index is 0.0273. The number of sulfone groups is 1. The van der Waals surface area contributed by atoms with Crippen molar-refractivity contribution in [1.82, 2.24) is 0 Å². The maximum Gasteiger partial charge on any atom is 0.163 e. The number of ketones is 1. The fourth-order valence-electron chi connectivity index (χ4n) is 1.95. The lowest BCUT2D eigenvalue weighted by Crippen LogP contribution is -2.15. The van der Waals surface area contributed by atoms with Crippen molar-refractivity contribution in [2.45, 2.75) is 19.8 Å². The summed E-state index contributed by atoms with van der Waals surface area (Å²) in [5.74, 6) is 0.967. The summed E-state index contributed by atoms with van der Waals surface area (Å²) in [6.07, 6.45) is 1.31. The van der Waals surface area contributed by atoms with Crippen LogP contribution in [0.3, 0.4) is 0 Å². The number of hydrogen-bond donors (Lipinski definition) is 0. The summed E-state index contributed by atoms with van der Waals surface area (Å²) >= 11 is 0. The van der Waals surface area contributed by atoms with Gasteiger partial charge >= 0.3 is 0 Å². The van der Waals surface area contributed by atoms with E-state index in [9.17, 15) is 13.2 Å². The van der Waals surface area contributed by atoms with Crippen molar-refractivity contribution in [3.05, 3.63) is 29.3 Å². The first-order chi connectivity index (χ1) is 8.52. The lowest BCUT2D eigenvalue weighted by atomic mass is 10.1. The van der Waals surface area contributed by atoms with Crippen LogP contribution in [0.15, 0.2) is 18.2 Å². The highest BCUT2D eigenvalue weighted by Crippen LogP contribution is 2.26. The van der Waals surface area contributed by atoms with Gasteiger partial charge in [-0.05, 0) is 30.2 Å². The maximum absolute atomic E-state index is 11.4. The van der Waals surface area contributed by atoms with Gasteiger partial charge in [0.05, 0.1) is 5.75 Å². The molecule has 1 aliphatic carbocycles.